The Balaban J connectivity index is 1.67. The summed E-state index contributed by atoms with van der Waals surface area (Å²) in [7, 11) is 1.34. The topological polar surface area (TPSA) is 73.2 Å². The number of nitrogens with zero attached hydrogens (tertiary/aromatic N) is 2. The Morgan fingerprint density at radius 1 is 1.00 bits per heavy atom. The molecule has 0 aliphatic heterocycles. The molecule has 0 unspecified atom stereocenters. The number of fused-ring (bicyclic) bond motifs is 1. The van der Waals surface area contributed by atoms with Crippen LogP contribution in [0.2, 0.25) is 0 Å². The zero-order valence-electron chi connectivity index (χ0n) is 15.6. The van der Waals surface area contributed by atoms with E-state index < -0.39 is 5.97 Å². The van der Waals surface area contributed by atoms with Crippen LogP contribution in [0.5, 0.6) is 0 Å². The Bertz CT molecular complexity index is 1010. The predicted octanol–water partition coefficient (Wildman–Crippen LogP) is 3.79. The van der Waals surface area contributed by atoms with Crippen molar-refractivity contribution in [1.82, 2.24) is 9.78 Å². The number of aryl methyl sites for hydroxylation is 1. The molecule has 6 nitrogen and oxygen atoms in total. The van der Waals surface area contributed by atoms with Crippen molar-refractivity contribution in [3.05, 3.63) is 77.1 Å². The van der Waals surface area contributed by atoms with E-state index in [-0.39, 0.29) is 5.91 Å². The van der Waals surface area contributed by atoms with Crippen LogP contribution in [0.3, 0.4) is 0 Å². The van der Waals surface area contributed by atoms with Crippen LogP contribution >= 0.6 is 0 Å². The zero-order chi connectivity index (χ0) is 19.5. The summed E-state index contributed by atoms with van der Waals surface area (Å²) in [5.74, 6) is -0.612. The van der Waals surface area contributed by atoms with Crippen LogP contribution in [0, 0.1) is 0 Å². The summed E-state index contributed by atoms with van der Waals surface area (Å²) in [6.07, 6.45) is 3.89. The second-order valence-electron chi connectivity index (χ2n) is 6.75. The lowest BCUT2D eigenvalue weighted by atomic mass is 9.95. The quantitative estimate of drug-likeness (QED) is 0.704. The molecule has 1 heterocycles. The molecule has 28 heavy (non-hydrogen) atoms. The number of amides is 1. The van der Waals surface area contributed by atoms with Crippen LogP contribution in [0.4, 0.5) is 5.69 Å². The van der Waals surface area contributed by atoms with Crippen molar-refractivity contribution in [2.75, 3.05) is 12.4 Å². The van der Waals surface area contributed by atoms with E-state index in [1.54, 1.807) is 28.9 Å². The van der Waals surface area contributed by atoms with E-state index in [9.17, 15) is 9.59 Å². The Labute approximate surface area is 163 Å². The first-order valence-corrected chi connectivity index (χ1v) is 9.33. The second-order valence-corrected chi connectivity index (χ2v) is 6.75. The van der Waals surface area contributed by atoms with Gasteiger partial charge in [0.05, 0.1) is 24.1 Å². The van der Waals surface area contributed by atoms with Crippen LogP contribution in [-0.2, 0) is 17.6 Å². The highest BCUT2D eigenvalue weighted by Crippen LogP contribution is 2.27. The van der Waals surface area contributed by atoms with Gasteiger partial charge in [0, 0.05) is 11.3 Å². The van der Waals surface area contributed by atoms with E-state index in [1.165, 1.54) is 7.11 Å². The summed E-state index contributed by atoms with van der Waals surface area (Å²) < 4.78 is 6.45. The summed E-state index contributed by atoms with van der Waals surface area (Å²) in [6, 6.07) is 16.3. The molecule has 0 bridgehead atoms. The maximum atomic E-state index is 13.2. The van der Waals surface area contributed by atoms with Crippen molar-refractivity contribution in [1.29, 1.82) is 0 Å². The molecule has 0 atom stereocenters. The predicted molar refractivity (Wildman–Crippen MR) is 106 cm³/mol. The van der Waals surface area contributed by atoms with Crippen LogP contribution < -0.4 is 5.32 Å². The fourth-order valence-corrected chi connectivity index (χ4v) is 3.54. The summed E-state index contributed by atoms with van der Waals surface area (Å²) in [6.45, 7) is 0. The number of aromatic nitrogens is 2. The molecule has 1 aliphatic carbocycles. The van der Waals surface area contributed by atoms with E-state index in [4.69, 9.17) is 9.84 Å². The average Bonchev–Trinajstić information content (AvgIpc) is 3.14. The molecule has 0 spiro atoms. The molecule has 1 amide bonds. The standard InChI is InChI=1S/C22H21N3O3/c1-28-22(27)15-11-13-16(14-12-15)23-21(26)20-18-9-5-6-10-19(18)24-25(20)17-7-3-2-4-8-17/h2-4,7-8,11-14H,5-6,9-10H2,1H3,(H,23,26). The molecular weight excluding hydrogens is 354 g/mol. The van der Waals surface area contributed by atoms with Crippen LogP contribution in [0.1, 0.15) is 44.9 Å². The number of ether oxygens (including phenoxy) is 1. The Morgan fingerprint density at radius 2 is 1.71 bits per heavy atom. The minimum absolute atomic E-state index is 0.203. The summed E-state index contributed by atoms with van der Waals surface area (Å²) in [5.41, 5.74) is 4.52. The SMILES string of the molecule is COC(=O)c1ccc(NC(=O)c2c3c(nn2-c2ccccc2)CCCC3)cc1. The smallest absolute Gasteiger partial charge is 0.337 e. The van der Waals surface area contributed by atoms with Gasteiger partial charge in [-0.15, -0.1) is 0 Å². The van der Waals surface area contributed by atoms with Gasteiger partial charge >= 0.3 is 5.97 Å². The van der Waals surface area contributed by atoms with Gasteiger partial charge in [0.2, 0.25) is 0 Å². The fourth-order valence-electron chi connectivity index (χ4n) is 3.54. The number of methoxy groups -OCH3 is 1. The molecule has 4 rings (SSSR count). The largest absolute Gasteiger partial charge is 0.465 e. The third-order valence-electron chi connectivity index (χ3n) is 4.94. The molecular formula is C22H21N3O3. The van der Waals surface area contributed by atoms with Gasteiger partial charge < -0.3 is 10.1 Å². The number of hydrogen-bond acceptors (Lipinski definition) is 4. The summed E-state index contributed by atoms with van der Waals surface area (Å²) in [4.78, 5) is 24.7. The maximum Gasteiger partial charge on any atom is 0.337 e. The number of carbonyl (C=O) groups excluding carboxylic acids is 2. The number of rotatable bonds is 4. The van der Waals surface area contributed by atoms with Gasteiger partial charge in [-0.3, -0.25) is 4.79 Å². The molecule has 2 aromatic carbocycles. The van der Waals surface area contributed by atoms with Crippen molar-refractivity contribution >= 4 is 17.6 Å². The Morgan fingerprint density at radius 3 is 2.43 bits per heavy atom. The summed E-state index contributed by atoms with van der Waals surface area (Å²) in [5, 5.41) is 7.66. The van der Waals surface area contributed by atoms with Crippen LogP contribution in [0.25, 0.3) is 5.69 Å². The minimum Gasteiger partial charge on any atom is -0.465 e. The van der Waals surface area contributed by atoms with Gasteiger partial charge in [-0.1, -0.05) is 18.2 Å². The van der Waals surface area contributed by atoms with Gasteiger partial charge in [0.25, 0.3) is 5.91 Å². The van der Waals surface area contributed by atoms with E-state index in [0.717, 1.165) is 42.6 Å². The Hall–Kier alpha value is -3.41. The average molecular weight is 375 g/mol. The van der Waals surface area contributed by atoms with Crippen molar-refractivity contribution in [2.24, 2.45) is 0 Å². The van der Waals surface area contributed by atoms with Crippen molar-refractivity contribution in [3.8, 4) is 5.69 Å². The second kappa shape index (κ2) is 7.68. The highest BCUT2D eigenvalue weighted by atomic mass is 16.5. The number of carbonyl (C=O) groups is 2. The molecule has 0 fully saturated rings. The van der Waals surface area contributed by atoms with Gasteiger partial charge in [-0.05, 0) is 62.1 Å². The first-order valence-electron chi connectivity index (χ1n) is 9.33. The Kier molecular flexibility index (Phi) is 4.93. The van der Waals surface area contributed by atoms with E-state index >= 15 is 0 Å². The molecule has 6 heteroatoms. The number of para-hydroxylation sites is 1. The molecule has 1 N–H and O–H groups in total. The van der Waals surface area contributed by atoms with Gasteiger partial charge in [0.15, 0.2) is 0 Å². The van der Waals surface area contributed by atoms with Crippen molar-refractivity contribution in [2.45, 2.75) is 25.7 Å². The van der Waals surface area contributed by atoms with Gasteiger partial charge in [-0.25, -0.2) is 9.48 Å². The normalized spacial score (nSPS) is 12.9. The van der Waals surface area contributed by atoms with E-state index in [0.29, 0.717) is 16.9 Å². The van der Waals surface area contributed by atoms with Crippen molar-refractivity contribution < 1.29 is 14.3 Å². The third kappa shape index (κ3) is 3.41. The number of esters is 1. The van der Waals surface area contributed by atoms with E-state index in [1.807, 2.05) is 30.3 Å². The van der Waals surface area contributed by atoms with Crippen molar-refractivity contribution in [3.63, 3.8) is 0 Å². The molecule has 142 valence electrons. The van der Waals surface area contributed by atoms with Crippen LogP contribution in [-0.4, -0.2) is 28.8 Å². The maximum absolute atomic E-state index is 13.2. The monoisotopic (exact) mass is 375 g/mol. The number of anilines is 1. The first-order chi connectivity index (χ1) is 13.7. The number of hydrogen-bond donors (Lipinski definition) is 1. The summed E-state index contributed by atoms with van der Waals surface area (Å²) >= 11 is 0. The molecule has 1 aromatic heterocycles. The lowest BCUT2D eigenvalue weighted by molar-refractivity contribution is 0.0600. The highest BCUT2D eigenvalue weighted by molar-refractivity contribution is 6.05. The molecule has 3 aromatic rings. The number of benzene rings is 2. The third-order valence-corrected chi connectivity index (χ3v) is 4.94. The first kappa shape index (κ1) is 18.0. The van der Waals surface area contributed by atoms with Gasteiger partial charge in [0.1, 0.15) is 5.69 Å². The fraction of sp³-hybridized carbons (Fsp3) is 0.227. The highest BCUT2D eigenvalue weighted by Gasteiger charge is 2.26. The van der Waals surface area contributed by atoms with E-state index in [2.05, 4.69) is 5.32 Å². The zero-order valence-corrected chi connectivity index (χ0v) is 15.6. The number of nitrogens with one attached hydrogen (secondary N) is 1. The molecule has 1 aliphatic rings. The molecule has 0 radical (unpaired) electrons. The molecule has 0 saturated carbocycles. The van der Waals surface area contributed by atoms with Crippen LogP contribution in [0.15, 0.2) is 54.6 Å². The molecule has 0 saturated heterocycles. The lowest BCUT2D eigenvalue weighted by Crippen LogP contribution is -2.19. The van der Waals surface area contributed by atoms with Gasteiger partial charge in [-0.2, -0.15) is 5.10 Å². The minimum atomic E-state index is -0.408. The lowest BCUT2D eigenvalue weighted by Gasteiger charge is -2.12.